The number of aromatic nitrogens is 2. The van der Waals surface area contributed by atoms with E-state index in [4.69, 9.17) is 0 Å². The predicted molar refractivity (Wildman–Crippen MR) is 122 cm³/mol. The van der Waals surface area contributed by atoms with E-state index in [-0.39, 0.29) is 17.0 Å². The van der Waals surface area contributed by atoms with Crippen LogP contribution in [0.2, 0.25) is 0 Å². The average molecular weight is 424 g/mol. The molecule has 1 amide bonds. The highest BCUT2D eigenvalue weighted by atomic mass is 32.2. The molecule has 0 unspecified atom stereocenters. The fourth-order valence-electron chi connectivity index (χ4n) is 3.75. The number of hydrogen-bond donors (Lipinski definition) is 0. The normalized spacial score (nSPS) is 14.6. The number of carbonyl (C=O) groups is 1. The number of rotatable bonds is 6. The number of pyridine rings is 2. The number of aryl methyl sites for hydroxylation is 1. The highest BCUT2D eigenvalue weighted by Crippen LogP contribution is 2.29. The van der Waals surface area contributed by atoms with Crippen molar-refractivity contribution in [1.82, 2.24) is 14.5 Å². The molecule has 7 nitrogen and oxygen atoms in total. The molecule has 156 valence electrons. The highest BCUT2D eigenvalue weighted by Gasteiger charge is 2.27. The Balaban J connectivity index is 1.98. The maximum absolute atomic E-state index is 13.0. The molecular formula is C22H25N5O2S. The third-order valence-electron chi connectivity index (χ3n) is 5.14. The van der Waals surface area contributed by atoms with Gasteiger partial charge in [-0.25, -0.2) is 4.98 Å². The van der Waals surface area contributed by atoms with Crippen molar-refractivity contribution in [2.75, 3.05) is 37.3 Å². The molecule has 2 aromatic heterocycles. The zero-order chi connectivity index (χ0) is 21.7. The average Bonchev–Trinajstić information content (AvgIpc) is 2.78. The molecule has 0 aromatic carbocycles. The van der Waals surface area contributed by atoms with Gasteiger partial charge in [0.1, 0.15) is 17.3 Å². The van der Waals surface area contributed by atoms with Gasteiger partial charge in [-0.15, -0.1) is 11.8 Å². The second-order valence-electron chi connectivity index (χ2n) is 6.92. The molecule has 0 spiro atoms. The summed E-state index contributed by atoms with van der Waals surface area (Å²) in [4.78, 5) is 34.7. The van der Waals surface area contributed by atoms with Crippen LogP contribution in [0.25, 0.3) is 11.0 Å². The Bertz CT molecular complexity index is 1090. The Labute approximate surface area is 180 Å². The minimum absolute atomic E-state index is 0.0209. The molecule has 1 saturated heterocycles. The number of hydrogen-bond acceptors (Lipinski definition) is 6. The lowest BCUT2D eigenvalue weighted by atomic mass is 10.1. The number of thioether (sulfide) groups is 1. The van der Waals surface area contributed by atoms with Crippen LogP contribution in [0.3, 0.4) is 0 Å². The lowest BCUT2D eigenvalue weighted by molar-refractivity contribution is -0.126. The Morgan fingerprint density at radius 1 is 1.37 bits per heavy atom. The topological polar surface area (TPSA) is 82.2 Å². The van der Waals surface area contributed by atoms with Crippen molar-refractivity contribution < 1.29 is 4.79 Å². The van der Waals surface area contributed by atoms with Crippen LogP contribution < -0.4 is 10.5 Å². The van der Waals surface area contributed by atoms with Gasteiger partial charge in [-0.2, -0.15) is 5.26 Å². The maximum atomic E-state index is 13.0. The summed E-state index contributed by atoms with van der Waals surface area (Å²) in [5.41, 5.74) is 1.05. The third kappa shape index (κ3) is 3.98. The number of anilines is 1. The molecule has 0 aliphatic carbocycles. The number of fused-ring (bicyclic) bond motifs is 1. The van der Waals surface area contributed by atoms with E-state index < -0.39 is 0 Å². The smallest absolute Gasteiger partial charge is 0.272 e. The van der Waals surface area contributed by atoms with E-state index in [0.717, 1.165) is 11.8 Å². The Morgan fingerprint density at radius 2 is 2.10 bits per heavy atom. The molecule has 0 bridgehead atoms. The first-order valence-electron chi connectivity index (χ1n) is 9.89. The van der Waals surface area contributed by atoms with Gasteiger partial charge in [0.2, 0.25) is 0 Å². The monoisotopic (exact) mass is 423 g/mol. The number of allylic oxidation sites excluding steroid dienone is 2. The Hall–Kier alpha value is -3.05. The Kier molecular flexibility index (Phi) is 6.95. The van der Waals surface area contributed by atoms with Gasteiger partial charge in [0, 0.05) is 44.3 Å². The van der Waals surface area contributed by atoms with Gasteiger partial charge in [0.25, 0.3) is 11.5 Å². The molecule has 3 rings (SSSR count). The highest BCUT2D eigenvalue weighted by molar-refractivity contribution is 8.03. The van der Waals surface area contributed by atoms with Crippen LogP contribution in [-0.4, -0.2) is 52.8 Å². The molecule has 1 fully saturated rings. The van der Waals surface area contributed by atoms with Crippen molar-refractivity contribution >= 4 is 34.4 Å². The fourth-order valence-corrected chi connectivity index (χ4v) is 4.28. The van der Waals surface area contributed by atoms with E-state index in [9.17, 15) is 14.9 Å². The summed E-state index contributed by atoms with van der Waals surface area (Å²) in [6.45, 7) is 8.27. The van der Waals surface area contributed by atoms with Gasteiger partial charge >= 0.3 is 0 Å². The second kappa shape index (κ2) is 9.63. The largest absolute Gasteiger partial charge is 0.366 e. The van der Waals surface area contributed by atoms with Crippen LogP contribution in [0, 0.1) is 11.3 Å². The van der Waals surface area contributed by atoms with Crippen LogP contribution in [-0.2, 0) is 11.3 Å². The lowest BCUT2D eigenvalue weighted by Crippen LogP contribution is -2.49. The third-order valence-corrected chi connectivity index (χ3v) is 5.89. The van der Waals surface area contributed by atoms with Crippen LogP contribution in [0.1, 0.15) is 18.9 Å². The maximum Gasteiger partial charge on any atom is 0.272 e. The first-order chi connectivity index (χ1) is 14.6. The van der Waals surface area contributed by atoms with E-state index in [0.29, 0.717) is 49.0 Å². The summed E-state index contributed by atoms with van der Waals surface area (Å²) < 4.78 is 1.59. The van der Waals surface area contributed by atoms with Crippen molar-refractivity contribution in [3.63, 3.8) is 0 Å². The van der Waals surface area contributed by atoms with Crippen molar-refractivity contribution in [2.24, 2.45) is 0 Å². The van der Waals surface area contributed by atoms with Crippen molar-refractivity contribution in [3.05, 3.63) is 57.9 Å². The summed E-state index contributed by atoms with van der Waals surface area (Å²) in [7, 11) is 0. The number of piperazine rings is 1. The minimum atomic E-state index is -0.308. The first-order valence-corrected chi connectivity index (χ1v) is 11.1. The van der Waals surface area contributed by atoms with Gasteiger partial charge in [0.15, 0.2) is 0 Å². The molecule has 0 atom stereocenters. The van der Waals surface area contributed by atoms with E-state index in [1.807, 2.05) is 30.2 Å². The zero-order valence-electron chi connectivity index (χ0n) is 17.3. The van der Waals surface area contributed by atoms with Crippen molar-refractivity contribution in [2.45, 2.75) is 19.9 Å². The number of amides is 1. The second-order valence-corrected chi connectivity index (χ2v) is 7.76. The number of nitriles is 1. The summed E-state index contributed by atoms with van der Waals surface area (Å²) in [5, 5.41) is 10.6. The SMILES string of the molecule is C=C/C=C(\SC)C(=O)N1CCN(c2c(C#N)c(=O)n(CCC)c3ncccc23)CC1. The molecule has 0 radical (unpaired) electrons. The Morgan fingerprint density at radius 3 is 2.70 bits per heavy atom. The van der Waals surface area contributed by atoms with Crippen molar-refractivity contribution in [3.8, 4) is 6.07 Å². The lowest BCUT2D eigenvalue weighted by Gasteiger charge is -2.37. The summed E-state index contributed by atoms with van der Waals surface area (Å²) in [6, 6.07) is 5.84. The zero-order valence-corrected chi connectivity index (χ0v) is 18.1. The van der Waals surface area contributed by atoms with Crippen LogP contribution >= 0.6 is 11.8 Å². The molecule has 3 heterocycles. The van der Waals surface area contributed by atoms with Gasteiger partial charge in [0.05, 0.1) is 10.6 Å². The van der Waals surface area contributed by atoms with E-state index in [2.05, 4.69) is 17.6 Å². The van der Waals surface area contributed by atoms with E-state index in [1.165, 1.54) is 11.8 Å². The van der Waals surface area contributed by atoms with E-state index >= 15 is 0 Å². The van der Waals surface area contributed by atoms with Crippen LogP contribution in [0.5, 0.6) is 0 Å². The number of nitrogens with zero attached hydrogens (tertiary/aromatic N) is 5. The quantitative estimate of drug-likeness (QED) is 0.525. The summed E-state index contributed by atoms with van der Waals surface area (Å²) in [6.07, 6.45) is 7.64. The van der Waals surface area contributed by atoms with Gasteiger partial charge < -0.3 is 9.80 Å². The number of carbonyl (C=O) groups excluding carboxylic acids is 1. The fraction of sp³-hybridized carbons (Fsp3) is 0.364. The van der Waals surface area contributed by atoms with Crippen LogP contribution in [0.4, 0.5) is 5.69 Å². The molecule has 2 aromatic rings. The summed E-state index contributed by atoms with van der Waals surface area (Å²) in [5.74, 6) is -0.0209. The first kappa shape index (κ1) is 21.7. The van der Waals surface area contributed by atoms with Crippen LogP contribution in [0.15, 0.2) is 46.8 Å². The molecular weight excluding hydrogens is 398 g/mol. The standard InChI is InChI=1S/C22H25N5O2S/c1-4-7-18(30-3)22(29)26-13-11-25(12-14-26)19-16-8-6-9-24-20(16)27(10-5-2)21(28)17(19)15-23/h4,6-9H,1,5,10-14H2,2-3H3/b18-7-. The minimum Gasteiger partial charge on any atom is -0.366 e. The van der Waals surface area contributed by atoms with Gasteiger partial charge in [-0.05, 0) is 30.9 Å². The summed E-state index contributed by atoms with van der Waals surface area (Å²) >= 11 is 1.40. The predicted octanol–water partition coefficient (Wildman–Crippen LogP) is 2.76. The molecule has 8 heteroatoms. The van der Waals surface area contributed by atoms with Gasteiger partial charge in [-0.1, -0.05) is 19.6 Å². The van der Waals surface area contributed by atoms with Crippen molar-refractivity contribution in [1.29, 1.82) is 5.26 Å². The molecule has 1 aliphatic heterocycles. The molecule has 1 aliphatic rings. The van der Waals surface area contributed by atoms with E-state index in [1.54, 1.807) is 27.8 Å². The molecule has 30 heavy (non-hydrogen) atoms. The molecule has 0 N–H and O–H groups in total. The van der Waals surface area contributed by atoms with Gasteiger partial charge in [-0.3, -0.25) is 14.2 Å². The molecule has 0 saturated carbocycles.